The van der Waals surface area contributed by atoms with E-state index in [4.69, 9.17) is 4.74 Å². The van der Waals surface area contributed by atoms with E-state index in [9.17, 15) is 0 Å². The van der Waals surface area contributed by atoms with Crippen LogP contribution < -0.4 is 0 Å². The highest BCUT2D eigenvalue weighted by Crippen LogP contribution is 2.40. The Hall–Kier alpha value is -0.0400. The molecule has 53 valence electrons. The van der Waals surface area contributed by atoms with Crippen LogP contribution in [0.5, 0.6) is 0 Å². The standard InChI is InChI=1S/C8H15O/c1-3-8(9-4-2)7-5-6-7/h7H,3-6H2,1-2H3. The molecule has 0 amide bonds. The van der Waals surface area contributed by atoms with E-state index in [-0.39, 0.29) is 0 Å². The molecule has 0 unspecified atom stereocenters. The van der Waals surface area contributed by atoms with Gasteiger partial charge in [-0.05, 0) is 32.1 Å². The number of rotatable bonds is 4. The average Bonchev–Trinajstić information content (AvgIpc) is 2.64. The van der Waals surface area contributed by atoms with Crippen LogP contribution in [0, 0.1) is 12.0 Å². The van der Waals surface area contributed by atoms with Gasteiger partial charge in [0.1, 0.15) is 0 Å². The normalized spacial score (nSPS) is 19.0. The van der Waals surface area contributed by atoms with Crippen LogP contribution in [0.4, 0.5) is 0 Å². The Morgan fingerprint density at radius 3 is 2.44 bits per heavy atom. The molecule has 1 radical (unpaired) electrons. The molecule has 0 aromatic carbocycles. The summed E-state index contributed by atoms with van der Waals surface area (Å²) >= 11 is 0. The van der Waals surface area contributed by atoms with Crippen molar-refractivity contribution in [2.45, 2.75) is 33.1 Å². The van der Waals surface area contributed by atoms with Crippen LogP contribution in [0.3, 0.4) is 0 Å². The van der Waals surface area contributed by atoms with Crippen LogP contribution in [0.15, 0.2) is 0 Å². The highest BCUT2D eigenvalue weighted by atomic mass is 16.5. The van der Waals surface area contributed by atoms with Gasteiger partial charge in [0.2, 0.25) is 0 Å². The van der Waals surface area contributed by atoms with Crippen molar-refractivity contribution in [3.8, 4) is 0 Å². The highest BCUT2D eigenvalue weighted by Gasteiger charge is 2.31. The summed E-state index contributed by atoms with van der Waals surface area (Å²) in [5, 5.41) is 0. The number of ether oxygens (including phenoxy) is 1. The minimum Gasteiger partial charge on any atom is -0.372 e. The third-order valence-electron chi connectivity index (χ3n) is 1.71. The Balaban J connectivity index is 2.12. The van der Waals surface area contributed by atoms with E-state index in [0.29, 0.717) is 0 Å². The summed E-state index contributed by atoms with van der Waals surface area (Å²) in [5.74, 6) is 0.829. The van der Waals surface area contributed by atoms with Gasteiger partial charge in [-0.2, -0.15) is 0 Å². The summed E-state index contributed by atoms with van der Waals surface area (Å²) in [7, 11) is 0. The number of hydrogen-bond donors (Lipinski definition) is 0. The molecule has 0 heterocycles. The van der Waals surface area contributed by atoms with E-state index >= 15 is 0 Å². The Labute approximate surface area is 57.4 Å². The molecule has 1 nitrogen and oxygen atoms in total. The second kappa shape index (κ2) is 3.21. The van der Waals surface area contributed by atoms with E-state index in [0.717, 1.165) is 18.9 Å². The van der Waals surface area contributed by atoms with Gasteiger partial charge in [-0.25, -0.2) is 0 Å². The zero-order valence-electron chi connectivity index (χ0n) is 6.31. The molecule has 0 atom stereocenters. The van der Waals surface area contributed by atoms with Gasteiger partial charge in [0.05, 0.1) is 6.10 Å². The first-order chi connectivity index (χ1) is 4.38. The summed E-state index contributed by atoms with van der Waals surface area (Å²) in [6.45, 7) is 5.07. The van der Waals surface area contributed by atoms with Crippen molar-refractivity contribution in [3.05, 3.63) is 6.10 Å². The van der Waals surface area contributed by atoms with Gasteiger partial charge in [0.25, 0.3) is 0 Å². The van der Waals surface area contributed by atoms with Gasteiger partial charge in [0.15, 0.2) is 0 Å². The first kappa shape index (κ1) is 7.07. The maximum atomic E-state index is 5.43. The van der Waals surface area contributed by atoms with Crippen molar-refractivity contribution in [3.63, 3.8) is 0 Å². The Kier molecular flexibility index (Phi) is 2.52. The van der Waals surface area contributed by atoms with E-state index in [1.165, 1.54) is 18.9 Å². The molecule has 0 saturated heterocycles. The Bertz CT molecular complexity index is 76.6. The van der Waals surface area contributed by atoms with Crippen molar-refractivity contribution in [2.24, 2.45) is 5.92 Å². The lowest BCUT2D eigenvalue weighted by Gasteiger charge is -2.10. The van der Waals surface area contributed by atoms with Gasteiger partial charge in [-0.1, -0.05) is 6.92 Å². The first-order valence-corrected chi connectivity index (χ1v) is 3.87. The summed E-state index contributed by atoms with van der Waals surface area (Å²) in [6, 6.07) is 0. The molecule has 1 saturated carbocycles. The quantitative estimate of drug-likeness (QED) is 0.563. The third kappa shape index (κ3) is 1.98. The van der Waals surface area contributed by atoms with Crippen LogP contribution in [0.25, 0.3) is 0 Å². The van der Waals surface area contributed by atoms with E-state index in [1.54, 1.807) is 0 Å². The molecule has 1 fully saturated rings. The predicted molar refractivity (Wildman–Crippen MR) is 37.9 cm³/mol. The fourth-order valence-corrected chi connectivity index (χ4v) is 1.10. The van der Waals surface area contributed by atoms with Crippen molar-refractivity contribution in [1.82, 2.24) is 0 Å². The fourth-order valence-electron chi connectivity index (χ4n) is 1.10. The van der Waals surface area contributed by atoms with Crippen LogP contribution in [0.1, 0.15) is 33.1 Å². The summed E-state index contributed by atoms with van der Waals surface area (Å²) in [6.07, 6.45) is 5.17. The van der Waals surface area contributed by atoms with Crippen LogP contribution in [0.2, 0.25) is 0 Å². The van der Waals surface area contributed by atoms with Gasteiger partial charge in [-0.3, -0.25) is 0 Å². The maximum absolute atomic E-state index is 5.43. The Morgan fingerprint density at radius 1 is 1.44 bits per heavy atom. The van der Waals surface area contributed by atoms with Crippen molar-refractivity contribution < 1.29 is 4.74 Å². The summed E-state index contributed by atoms with van der Waals surface area (Å²) in [5.41, 5.74) is 0. The second-order valence-electron chi connectivity index (χ2n) is 2.53. The molecule has 1 aliphatic rings. The van der Waals surface area contributed by atoms with E-state index in [1.807, 2.05) is 0 Å². The number of hydrogen-bond acceptors (Lipinski definition) is 1. The lowest BCUT2D eigenvalue weighted by molar-refractivity contribution is 0.134. The van der Waals surface area contributed by atoms with Crippen molar-refractivity contribution >= 4 is 0 Å². The zero-order valence-corrected chi connectivity index (χ0v) is 6.31. The van der Waals surface area contributed by atoms with Gasteiger partial charge in [-0.15, -0.1) is 0 Å². The summed E-state index contributed by atoms with van der Waals surface area (Å²) in [4.78, 5) is 0. The lowest BCUT2D eigenvalue weighted by atomic mass is 10.2. The molecule has 0 aromatic heterocycles. The topological polar surface area (TPSA) is 9.23 Å². The average molecular weight is 127 g/mol. The first-order valence-electron chi connectivity index (χ1n) is 3.87. The van der Waals surface area contributed by atoms with Gasteiger partial charge < -0.3 is 4.74 Å². The van der Waals surface area contributed by atoms with Gasteiger partial charge >= 0.3 is 0 Å². The smallest absolute Gasteiger partial charge is 0.0998 e. The molecule has 1 heteroatoms. The molecule has 9 heavy (non-hydrogen) atoms. The SMILES string of the molecule is CCO[C](CC)C1CC1. The van der Waals surface area contributed by atoms with Crippen molar-refractivity contribution in [2.75, 3.05) is 6.61 Å². The molecule has 0 spiro atoms. The lowest BCUT2D eigenvalue weighted by Crippen LogP contribution is -2.03. The van der Waals surface area contributed by atoms with Crippen LogP contribution in [-0.4, -0.2) is 6.61 Å². The van der Waals surface area contributed by atoms with Crippen molar-refractivity contribution in [1.29, 1.82) is 0 Å². The van der Waals surface area contributed by atoms with E-state index in [2.05, 4.69) is 13.8 Å². The monoisotopic (exact) mass is 127 g/mol. The summed E-state index contributed by atoms with van der Waals surface area (Å²) < 4.78 is 5.43. The second-order valence-corrected chi connectivity index (χ2v) is 2.53. The largest absolute Gasteiger partial charge is 0.372 e. The van der Waals surface area contributed by atoms with Crippen LogP contribution in [-0.2, 0) is 4.74 Å². The van der Waals surface area contributed by atoms with E-state index < -0.39 is 0 Å². The molecule has 0 N–H and O–H groups in total. The molecular formula is C8H15O. The maximum Gasteiger partial charge on any atom is 0.0998 e. The molecule has 1 rings (SSSR count). The third-order valence-corrected chi connectivity index (χ3v) is 1.71. The minimum atomic E-state index is 0.829. The Morgan fingerprint density at radius 2 is 2.11 bits per heavy atom. The zero-order chi connectivity index (χ0) is 6.69. The molecular weight excluding hydrogens is 112 g/mol. The molecule has 1 aliphatic carbocycles. The predicted octanol–water partition coefficient (Wildman–Crippen LogP) is 2.37. The van der Waals surface area contributed by atoms with Crippen LogP contribution >= 0.6 is 0 Å². The fraction of sp³-hybridized carbons (Fsp3) is 0.875. The molecule has 0 aromatic rings. The highest BCUT2D eigenvalue weighted by molar-refractivity contribution is 4.94. The molecule has 0 aliphatic heterocycles. The minimum absolute atomic E-state index is 0.829. The van der Waals surface area contributed by atoms with Gasteiger partial charge in [0, 0.05) is 6.61 Å². The molecule has 0 bridgehead atoms.